The number of hydrogen-bond acceptors (Lipinski definition) is 3. The SMILES string of the molecule is CC(CC(N)=S)N(C)c1ccc(C(C)(C)C)cn1. The van der Waals surface area contributed by atoms with Gasteiger partial charge in [-0.05, 0) is 24.0 Å². The summed E-state index contributed by atoms with van der Waals surface area (Å²) in [5.41, 5.74) is 6.95. The molecule has 1 rings (SSSR count). The highest BCUT2D eigenvalue weighted by Gasteiger charge is 2.16. The van der Waals surface area contributed by atoms with E-state index in [9.17, 15) is 0 Å². The summed E-state index contributed by atoms with van der Waals surface area (Å²) in [6.07, 6.45) is 2.65. The number of nitrogens with two attached hydrogens (primary N) is 1. The summed E-state index contributed by atoms with van der Waals surface area (Å²) in [5.74, 6) is 0.951. The predicted molar refractivity (Wildman–Crippen MR) is 82.2 cm³/mol. The van der Waals surface area contributed by atoms with Gasteiger partial charge < -0.3 is 10.6 Å². The molecule has 0 amide bonds. The molecule has 0 spiro atoms. The second-order valence-electron chi connectivity index (χ2n) is 5.79. The molecule has 1 atom stereocenters. The fourth-order valence-electron chi connectivity index (χ4n) is 1.69. The molecule has 1 unspecified atom stereocenters. The largest absolute Gasteiger partial charge is 0.393 e. The molecule has 0 saturated carbocycles. The lowest BCUT2D eigenvalue weighted by molar-refractivity contribution is 0.586. The van der Waals surface area contributed by atoms with Crippen LogP contribution in [-0.2, 0) is 5.41 Å². The van der Waals surface area contributed by atoms with E-state index in [1.807, 2.05) is 13.2 Å². The average Bonchev–Trinajstić information content (AvgIpc) is 2.26. The maximum absolute atomic E-state index is 5.57. The normalized spacial score (nSPS) is 13.2. The maximum Gasteiger partial charge on any atom is 0.128 e. The van der Waals surface area contributed by atoms with Crippen molar-refractivity contribution in [1.29, 1.82) is 0 Å². The van der Waals surface area contributed by atoms with Gasteiger partial charge in [-0.3, -0.25) is 0 Å². The van der Waals surface area contributed by atoms with Gasteiger partial charge in [0, 0.05) is 25.7 Å². The van der Waals surface area contributed by atoms with Crippen molar-refractivity contribution >= 4 is 23.0 Å². The van der Waals surface area contributed by atoms with Crippen LogP contribution in [0.2, 0.25) is 0 Å². The second-order valence-corrected chi connectivity index (χ2v) is 6.31. The molecule has 1 heterocycles. The van der Waals surface area contributed by atoms with E-state index in [-0.39, 0.29) is 11.5 Å². The Kier molecular flexibility index (Phi) is 4.68. The number of hydrogen-bond donors (Lipinski definition) is 1. The van der Waals surface area contributed by atoms with Crippen molar-refractivity contribution in [3.8, 4) is 0 Å². The number of thiocarbonyl (C=S) groups is 1. The Hall–Kier alpha value is -1.16. The minimum absolute atomic E-state index is 0.133. The molecule has 0 aromatic carbocycles. The van der Waals surface area contributed by atoms with Gasteiger partial charge in [-0.25, -0.2) is 4.98 Å². The number of anilines is 1. The standard InChI is InChI=1S/C14H23N3S/c1-10(8-12(15)18)17(5)13-7-6-11(9-16-13)14(2,3)4/h6-7,9-10H,8H2,1-5H3,(H2,15,18). The van der Waals surface area contributed by atoms with Crippen LogP contribution in [0.25, 0.3) is 0 Å². The van der Waals surface area contributed by atoms with Gasteiger partial charge in [0.25, 0.3) is 0 Å². The second kappa shape index (κ2) is 5.65. The monoisotopic (exact) mass is 265 g/mol. The predicted octanol–water partition coefficient (Wildman–Crippen LogP) is 2.88. The molecule has 0 saturated heterocycles. The highest BCUT2D eigenvalue weighted by atomic mass is 32.1. The van der Waals surface area contributed by atoms with E-state index in [0.717, 1.165) is 5.82 Å². The molecule has 0 aliphatic heterocycles. The zero-order chi connectivity index (χ0) is 13.9. The van der Waals surface area contributed by atoms with Crippen molar-refractivity contribution in [2.75, 3.05) is 11.9 Å². The number of pyridine rings is 1. The summed E-state index contributed by atoms with van der Waals surface area (Å²) >= 11 is 4.94. The molecule has 0 bridgehead atoms. The van der Waals surface area contributed by atoms with Crippen LogP contribution in [0.5, 0.6) is 0 Å². The number of nitrogens with zero attached hydrogens (tertiary/aromatic N) is 2. The van der Waals surface area contributed by atoms with Crippen molar-refractivity contribution in [2.45, 2.75) is 45.6 Å². The summed E-state index contributed by atoms with van der Waals surface area (Å²) in [7, 11) is 2.02. The third-order valence-electron chi connectivity index (χ3n) is 3.13. The van der Waals surface area contributed by atoms with Crippen LogP contribution in [0.15, 0.2) is 18.3 Å². The average molecular weight is 265 g/mol. The highest BCUT2D eigenvalue weighted by Crippen LogP contribution is 2.23. The van der Waals surface area contributed by atoms with Crippen LogP contribution < -0.4 is 10.6 Å². The zero-order valence-corrected chi connectivity index (χ0v) is 12.7. The summed E-state index contributed by atoms with van der Waals surface area (Å²) in [6.45, 7) is 8.65. The molecule has 0 aliphatic carbocycles. The van der Waals surface area contributed by atoms with Crippen LogP contribution in [0.4, 0.5) is 5.82 Å². The van der Waals surface area contributed by atoms with E-state index >= 15 is 0 Å². The lowest BCUT2D eigenvalue weighted by Gasteiger charge is -2.26. The molecule has 1 aromatic heterocycles. The summed E-state index contributed by atoms with van der Waals surface area (Å²) in [4.78, 5) is 7.16. The van der Waals surface area contributed by atoms with Crippen molar-refractivity contribution in [3.63, 3.8) is 0 Å². The van der Waals surface area contributed by atoms with E-state index < -0.39 is 0 Å². The fraction of sp³-hybridized carbons (Fsp3) is 0.571. The van der Waals surface area contributed by atoms with Crippen molar-refractivity contribution in [3.05, 3.63) is 23.9 Å². The fourth-order valence-corrected chi connectivity index (χ4v) is 1.93. The Bertz CT molecular complexity index is 406. The van der Waals surface area contributed by atoms with Crippen LogP contribution in [0.3, 0.4) is 0 Å². The van der Waals surface area contributed by atoms with Gasteiger partial charge >= 0.3 is 0 Å². The van der Waals surface area contributed by atoms with Gasteiger partial charge in [0.2, 0.25) is 0 Å². The van der Waals surface area contributed by atoms with Gasteiger partial charge in [0.1, 0.15) is 5.82 Å². The third kappa shape index (κ3) is 3.95. The van der Waals surface area contributed by atoms with Gasteiger partial charge in [0.15, 0.2) is 0 Å². The minimum atomic E-state index is 0.133. The van der Waals surface area contributed by atoms with Crippen molar-refractivity contribution in [2.24, 2.45) is 5.73 Å². The smallest absolute Gasteiger partial charge is 0.128 e. The molecule has 4 heteroatoms. The molecular formula is C14H23N3S. The maximum atomic E-state index is 5.57. The quantitative estimate of drug-likeness (QED) is 0.850. The van der Waals surface area contributed by atoms with E-state index in [0.29, 0.717) is 11.4 Å². The summed E-state index contributed by atoms with van der Waals surface area (Å²) in [5, 5.41) is 0. The molecule has 100 valence electrons. The van der Waals surface area contributed by atoms with Crippen LogP contribution >= 0.6 is 12.2 Å². The molecule has 0 aliphatic rings. The topological polar surface area (TPSA) is 42.1 Å². The summed E-state index contributed by atoms with van der Waals surface area (Å²) in [6, 6.07) is 4.44. The molecule has 1 aromatic rings. The zero-order valence-electron chi connectivity index (χ0n) is 11.9. The van der Waals surface area contributed by atoms with Crippen molar-refractivity contribution in [1.82, 2.24) is 4.98 Å². The summed E-state index contributed by atoms with van der Waals surface area (Å²) < 4.78 is 0. The van der Waals surface area contributed by atoms with Gasteiger partial charge in [-0.2, -0.15) is 0 Å². The van der Waals surface area contributed by atoms with E-state index in [1.54, 1.807) is 0 Å². The van der Waals surface area contributed by atoms with E-state index in [2.05, 4.69) is 49.7 Å². The van der Waals surface area contributed by atoms with Gasteiger partial charge in [0.05, 0.1) is 4.99 Å². The lowest BCUT2D eigenvalue weighted by Crippen LogP contribution is -2.33. The van der Waals surface area contributed by atoms with Crippen LogP contribution in [-0.4, -0.2) is 23.1 Å². The van der Waals surface area contributed by atoms with Crippen LogP contribution in [0, 0.1) is 0 Å². The minimum Gasteiger partial charge on any atom is -0.393 e. The Morgan fingerprint density at radius 3 is 2.44 bits per heavy atom. The first-order chi connectivity index (χ1) is 8.21. The molecule has 0 fully saturated rings. The molecule has 0 radical (unpaired) electrons. The first kappa shape index (κ1) is 14.9. The Labute approximate surface area is 115 Å². The Balaban J connectivity index is 2.82. The van der Waals surface area contributed by atoms with Gasteiger partial charge in [-0.15, -0.1) is 0 Å². The molecule has 3 nitrogen and oxygen atoms in total. The highest BCUT2D eigenvalue weighted by molar-refractivity contribution is 7.80. The van der Waals surface area contributed by atoms with E-state index in [4.69, 9.17) is 18.0 Å². The Morgan fingerprint density at radius 2 is 2.06 bits per heavy atom. The first-order valence-electron chi connectivity index (χ1n) is 6.19. The number of rotatable bonds is 4. The molecule has 2 N–H and O–H groups in total. The van der Waals surface area contributed by atoms with E-state index in [1.165, 1.54) is 5.56 Å². The lowest BCUT2D eigenvalue weighted by atomic mass is 9.88. The Morgan fingerprint density at radius 1 is 1.44 bits per heavy atom. The van der Waals surface area contributed by atoms with Crippen molar-refractivity contribution < 1.29 is 0 Å². The number of aromatic nitrogens is 1. The molecular weight excluding hydrogens is 242 g/mol. The van der Waals surface area contributed by atoms with Gasteiger partial charge in [-0.1, -0.05) is 39.1 Å². The molecule has 18 heavy (non-hydrogen) atoms. The first-order valence-corrected chi connectivity index (χ1v) is 6.60. The van der Waals surface area contributed by atoms with Crippen LogP contribution in [0.1, 0.15) is 39.7 Å². The third-order valence-corrected chi connectivity index (χ3v) is 3.30.